The summed E-state index contributed by atoms with van der Waals surface area (Å²) in [7, 11) is -3.17. The smallest absolute Gasteiger partial charge is 0.226 e. The average Bonchev–Trinajstić information content (AvgIpc) is 2.64. The van der Waals surface area contributed by atoms with Crippen molar-refractivity contribution in [3.8, 4) is 11.5 Å². The molecule has 1 amide bonds. The molecule has 1 aromatic carbocycles. The Kier molecular flexibility index (Phi) is 4.56. The molecule has 26 heavy (non-hydrogen) atoms. The van der Waals surface area contributed by atoms with Crippen LogP contribution in [0.5, 0.6) is 11.5 Å². The fourth-order valence-corrected chi connectivity index (χ4v) is 4.85. The second-order valence-corrected chi connectivity index (χ2v) is 9.19. The quantitative estimate of drug-likeness (QED) is 0.766. The molecule has 1 aromatic rings. The van der Waals surface area contributed by atoms with Crippen molar-refractivity contribution < 1.29 is 22.7 Å². The summed E-state index contributed by atoms with van der Waals surface area (Å²) in [6, 6.07) is 4.03. The number of carbonyl (C=O) groups excluding carboxylic acids is 1. The van der Waals surface area contributed by atoms with Crippen molar-refractivity contribution >= 4 is 15.9 Å². The Hall–Kier alpha value is -1.80. The molecule has 0 aromatic heterocycles. The summed E-state index contributed by atoms with van der Waals surface area (Å²) < 4.78 is 36.0. The van der Waals surface area contributed by atoms with Gasteiger partial charge in [0.05, 0.1) is 6.26 Å². The lowest BCUT2D eigenvalue weighted by Gasteiger charge is -2.35. The van der Waals surface area contributed by atoms with E-state index >= 15 is 0 Å². The van der Waals surface area contributed by atoms with Gasteiger partial charge in [-0.3, -0.25) is 4.79 Å². The first-order chi connectivity index (χ1) is 12.4. The van der Waals surface area contributed by atoms with Gasteiger partial charge in [0, 0.05) is 32.1 Å². The topological polar surface area (TPSA) is 76.2 Å². The number of carbonyl (C=O) groups is 1. The molecule has 0 atom stereocenters. The van der Waals surface area contributed by atoms with Crippen LogP contribution in [0.1, 0.15) is 24.0 Å². The molecule has 1 fully saturated rings. The van der Waals surface area contributed by atoms with E-state index in [0.29, 0.717) is 52.2 Å². The molecule has 1 saturated heterocycles. The van der Waals surface area contributed by atoms with E-state index in [9.17, 15) is 13.2 Å². The standard InChI is InChI=1S/C18H24N2O5S/c1-26(22,23)20-6-3-13(4-7-20)18(21)19-5-2-14-10-16-17(11-15(14)12-19)25-9-8-24-16/h10-11,13H,2-9,12H2,1H3. The highest BCUT2D eigenvalue weighted by Crippen LogP contribution is 2.36. The molecule has 142 valence electrons. The Labute approximate surface area is 153 Å². The summed E-state index contributed by atoms with van der Waals surface area (Å²) in [6.07, 6.45) is 3.22. The molecular weight excluding hydrogens is 356 g/mol. The van der Waals surface area contributed by atoms with E-state index in [1.807, 2.05) is 17.0 Å². The molecular formula is C18H24N2O5S. The Morgan fingerprint density at radius 1 is 1.04 bits per heavy atom. The fourth-order valence-electron chi connectivity index (χ4n) is 3.97. The van der Waals surface area contributed by atoms with Crippen LogP contribution in [0.15, 0.2) is 12.1 Å². The Bertz CT molecular complexity index is 815. The molecule has 0 bridgehead atoms. The molecule has 0 radical (unpaired) electrons. The van der Waals surface area contributed by atoms with Gasteiger partial charge in [0.15, 0.2) is 11.5 Å². The number of hydrogen-bond donors (Lipinski definition) is 0. The summed E-state index contributed by atoms with van der Waals surface area (Å²) in [4.78, 5) is 14.8. The van der Waals surface area contributed by atoms with E-state index in [2.05, 4.69) is 0 Å². The maximum atomic E-state index is 12.9. The molecule has 3 aliphatic heterocycles. The molecule has 8 heteroatoms. The minimum atomic E-state index is -3.17. The monoisotopic (exact) mass is 380 g/mol. The Balaban J connectivity index is 1.43. The highest BCUT2D eigenvalue weighted by atomic mass is 32.2. The van der Waals surface area contributed by atoms with Crippen LogP contribution >= 0.6 is 0 Å². The van der Waals surface area contributed by atoms with Crippen molar-refractivity contribution in [2.75, 3.05) is 39.1 Å². The van der Waals surface area contributed by atoms with E-state index in [-0.39, 0.29) is 11.8 Å². The lowest BCUT2D eigenvalue weighted by molar-refractivity contribution is -0.137. The number of amides is 1. The van der Waals surface area contributed by atoms with E-state index in [1.54, 1.807) is 0 Å². The summed E-state index contributed by atoms with van der Waals surface area (Å²) >= 11 is 0. The van der Waals surface area contributed by atoms with Gasteiger partial charge in [-0.1, -0.05) is 0 Å². The third-order valence-electron chi connectivity index (χ3n) is 5.46. The first-order valence-corrected chi connectivity index (χ1v) is 10.9. The maximum Gasteiger partial charge on any atom is 0.226 e. The third kappa shape index (κ3) is 3.40. The van der Waals surface area contributed by atoms with Crippen molar-refractivity contribution in [3.63, 3.8) is 0 Å². The second-order valence-electron chi connectivity index (χ2n) is 7.21. The molecule has 4 rings (SSSR count). The number of ether oxygens (including phenoxy) is 2. The number of fused-ring (bicyclic) bond motifs is 2. The molecule has 0 N–H and O–H groups in total. The first kappa shape index (κ1) is 17.6. The van der Waals surface area contributed by atoms with Gasteiger partial charge in [-0.25, -0.2) is 12.7 Å². The summed E-state index contributed by atoms with van der Waals surface area (Å²) in [6.45, 7) is 3.25. The zero-order valence-electron chi connectivity index (χ0n) is 14.9. The summed E-state index contributed by atoms with van der Waals surface area (Å²) in [5, 5.41) is 0. The van der Waals surface area contributed by atoms with E-state index in [0.717, 1.165) is 23.5 Å². The molecule has 7 nitrogen and oxygen atoms in total. The highest BCUT2D eigenvalue weighted by molar-refractivity contribution is 7.88. The van der Waals surface area contributed by atoms with E-state index in [1.165, 1.54) is 16.1 Å². The van der Waals surface area contributed by atoms with Crippen molar-refractivity contribution in [2.45, 2.75) is 25.8 Å². The van der Waals surface area contributed by atoms with Crippen LogP contribution in [0.25, 0.3) is 0 Å². The van der Waals surface area contributed by atoms with Crippen LogP contribution in [-0.2, 0) is 27.8 Å². The SMILES string of the molecule is CS(=O)(=O)N1CCC(C(=O)N2CCc3cc4c(cc3C2)OCCO4)CC1. The summed E-state index contributed by atoms with van der Waals surface area (Å²) in [5.41, 5.74) is 2.33. The van der Waals surface area contributed by atoms with Crippen LogP contribution in [0.2, 0.25) is 0 Å². The minimum absolute atomic E-state index is 0.0910. The Morgan fingerprint density at radius 2 is 1.65 bits per heavy atom. The van der Waals surface area contributed by atoms with Gasteiger partial charge in [0.25, 0.3) is 0 Å². The third-order valence-corrected chi connectivity index (χ3v) is 6.76. The first-order valence-electron chi connectivity index (χ1n) is 9.07. The molecule has 3 aliphatic rings. The second kappa shape index (κ2) is 6.74. The molecule has 0 saturated carbocycles. The van der Waals surface area contributed by atoms with Gasteiger partial charge < -0.3 is 14.4 Å². The number of benzene rings is 1. The number of rotatable bonds is 2. The molecule has 0 spiro atoms. The Morgan fingerprint density at radius 3 is 2.27 bits per heavy atom. The van der Waals surface area contributed by atoms with Crippen LogP contribution < -0.4 is 9.47 Å². The fraction of sp³-hybridized carbons (Fsp3) is 0.611. The van der Waals surface area contributed by atoms with Crippen molar-refractivity contribution in [1.29, 1.82) is 0 Å². The van der Waals surface area contributed by atoms with Gasteiger partial charge in [-0.15, -0.1) is 0 Å². The minimum Gasteiger partial charge on any atom is -0.486 e. The molecule has 3 heterocycles. The maximum absolute atomic E-state index is 12.9. The largest absolute Gasteiger partial charge is 0.486 e. The van der Waals surface area contributed by atoms with Crippen LogP contribution in [0, 0.1) is 5.92 Å². The lowest BCUT2D eigenvalue weighted by Crippen LogP contribution is -2.45. The number of nitrogens with zero attached hydrogens (tertiary/aromatic N) is 2. The predicted octanol–water partition coefficient (Wildman–Crippen LogP) is 1.01. The van der Waals surface area contributed by atoms with Crippen LogP contribution in [0.3, 0.4) is 0 Å². The van der Waals surface area contributed by atoms with Crippen molar-refractivity contribution in [1.82, 2.24) is 9.21 Å². The number of piperidine rings is 1. The van der Waals surface area contributed by atoms with Gasteiger partial charge in [0.1, 0.15) is 13.2 Å². The van der Waals surface area contributed by atoms with Gasteiger partial charge in [0.2, 0.25) is 15.9 Å². The number of sulfonamides is 1. The normalized spacial score (nSPS) is 21.3. The highest BCUT2D eigenvalue weighted by Gasteiger charge is 2.33. The summed E-state index contributed by atoms with van der Waals surface area (Å²) in [5.74, 6) is 1.60. The van der Waals surface area contributed by atoms with Crippen LogP contribution in [0.4, 0.5) is 0 Å². The van der Waals surface area contributed by atoms with Gasteiger partial charge in [-0.2, -0.15) is 0 Å². The lowest BCUT2D eigenvalue weighted by atomic mass is 9.93. The zero-order valence-corrected chi connectivity index (χ0v) is 15.8. The van der Waals surface area contributed by atoms with Gasteiger partial charge in [-0.05, 0) is 42.5 Å². The van der Waals surface area contributed by atoms with Crippen molar-refractivity contribution in [3.05, 3.63) is 23.3 Å². The van der Waals surface area contributed by atoms with Crippen molar-refractivity contribution in [2.24, 2.45) is 5.92 Å². The molecule has 0 aliphatic carbocycles. The molecule has 0 unspecified atom stereocenters. The zero-order chi connectivity index (χ0) is 18.3. The van der Waals surface area contributed by atoms with E-state index < -0.39 is 10.0 Å². The van der Waals surface area contributed by atoms with E-state index in [4.69, 9.17) is 9.47 Å². The van der Waals surface area contributed by atoms with Gasteiger partial charge >= 0.3 is 0 Å². The van der Waals surface area contributed by atoms with Crippen LogP contribution in [-0.4, -0.2) is 62.6 Å². The number of hydrogen-bond acceptors (Lipinski definition) is 5. The predicted molar refractivity (Wildman–Crippen MR) is 95.7 cm³/mol. The average molecular weight is 380 g/mol.